The number of hydrogen-bond donors (Lipinski definition) is 1. The second-order valence-corrected chi connectivity index (χ2v) is 4.55. The summed E-state index contributed by atoms with van der Waals surface area (Å²) >= 11 is 0. The second kappa shape index (κ2) is 6.49. The quantitative estimate of drug-likeness (QED) is 0.748. The lowest BCUT2D eigenvalue weighted by atomic mass is 10.3. The van der Waals surface area contributed by atoms with Gasteiger partial charge in [-0.15, -0.1) is 0 Å². The van der Waals surface area contributed by atoms with E-state index in [1.165, 1.54) is 0 Å². The van der Waals surface area contributed by atoms with Crippen LogP contribution in [-0.4, -0.2) is 39.8 Å². The molecular weight excluding hydrogens is 242 g/mol. The first-order chi connectivity index (χ1) is 9.20. The van der Waals surface area contributed by atoms with Gasteiger partial charge in [0.05, 0.1) is 30.2 Å². The fraction of sp³-hybridized carbons (Fsp3) is 0.538. The number of rotatable bonds is 7. The summed E-state index contributed by atoms with van der Waals surface area (Å²) < 4.78 is 8.91. The van der Waals surface area contributed by atoms with Gasteiger partial charge in [0, 0.05) is 33.4 Å². The molecule has 0 fully saturated rings. The fourth-order valence-corrected chi connectivity index (χ4v) is 2.01. The van der Waals surface area contributed by atoms with Gasteiger partial charge in [-0.25, -0.2) is 0 Å². The molecule has 2 aromatic rings. The first-order valence-electron chi connectivity index (χ1n) is 6.40. The molecule has 1 N–H and O–H groups in total. The standard InChI is InChI=1S/C13H21N5O/c1-11-8-13(17(2)16-11)10-18-12(4-5-15-18)9-14-6-7-19-3/h4-5,8,14H,6-7,9-10H2,1-3H3. The van der Waals surface area contributed by atoms with Crippen LogP contribution in [-0.2, 0) is 24.9 Å². The Morgan fingerprint density at radius 3 is 2.89 bits per heavy atom. The molecule has 0 amide bonds. The molecule has 2 rings (SSSR count). The van der Waals surface area contributed by atoms with Gasteiger partial charge in [-0.05, 0) is 19.1 Å². The molecule has 0 radical (unpaired) electrons. The summed E-state index contributed by atoms with van der Waals surface area (Å²) in [6, 6.07) is 4.12. The van der Waals surface area contributed by atoms with E-state index in [0.717, 1.165) is 43.3 Å². The Labute approximate surface area is 113 Å². The zero-order valence-corrected chi connectivity index (χ0v) is 11.8. The summed E-state index contributed by atoms with van der Waals surface area (Å²) in [5.74, 6) is 0. The van der Waals surface area contributed by atoms with E-state index in [1.807, 2.05) is 35.6 Å². The molecule has 0 unspecified atom stereocenters. The molecule has 0 aromatic carbocycles. The normalized spacial score (nSPS) is 11.1. The van der Waals surface area contributed by atoms with Gasteiger partial charge >= 0.3 is 0 Å². The van der Waals surface area contributed by atoms with Crippen molar-refractivity contribution in [2.45, 2.75) is 20.0 Å². The van der Waals surface area contributed by atoms with Crippen LogP contribution in [0.3, 0.4) is 0 Å². The van der Waals surface area contributed by atoms with E-state index in [0.29, 0.717) is 0 Å². The molecule has 19 heavy (non-hydrogen) atoms. The average molecular weight is 263 g/mol. The molecule has 2 heterocycles. The third-order valence-electron chi connectivity index (χ3n) is 3.00. The Kier molecular flexibility index (Phi) is 4.70. The Morgan fingerprint density at radius 1 is 1.37 bits per heavy atom. The maximum atomic E-state index is 5.01. The highest BCUT2D eigenvalue weighted by Gasteiger charge is 2.07. The van der Waals surface area contributed by atoms with E-state index < -0.39 is 0 Å². The Morgan fingerprint density at radius 2 is 2.21 bits per heavy atom. The fourth-order valence-electron chi connectivity index (χ4n) is 2.01. The molecule has 0 atom stereocenters. The van der Waals surface area contributed by atoms with Crippen LogP contribution < -0.4 is 5.32 Å². The van der Waals surface area contributed by atoms with Gasteiger partial charge in [-0.2, -0.15) is 10.2 Å². The number of hydrogen-bond acceptors (Lipinski definition) is 4. The van der Waals surface area contributed by atoms with Crippen molar-refractivity contribution >= 4 is 0 Å². The van der Waals surface area contributed by atoms with Crippen LogP contribution in [0.25, 0.3) is 0 Å². The van der Waals surface area contributed by atoms with Crippen molar-refractivity contribution in [1.82, 2.24) is 24.9 Å². The van der Waals surface area contributed by atoms with Crippen molar-refractivity contribution in [3.63, 3.8) is 0 Å². The van der Waals surface area contributed by atoms with Crippen molar-refractivity contribution < 1.29 is 4.74 Å². The van der Waals surface area contributed by atoms with E-state index in [1.54, 1.807) is 7.11 Å². The van der Waals surface area contributed by atoms with Crippen LogP contribution in [0.15, 0.2) is 18.3 Å². The van der Waals surface area contributed by atoms with Gasteiger partial charge in [0.15, 0.2) is 0 Å². The third kappa shape index (κ3) is 3.65. The number of ether oxygens (including phenoxy) is 1. The summed E-state index contributed by atoms with van der Waals surface area (Å²) in [5.41, 5.74) is 3.35. The first-order valence-corrected chi connectivity index (χ1v) is 6.40. The van der Waals surface area contributed by atoms with E-state index >= 15 is 0 Å². The summed E-state index contributed by atoms with van der Waals surface area (Å²) in [5, 5.41) is 12.0. The zero-order valence-electron chi connectivity index (χ0n) is 11.8. The lowest BCUT2D eigenvalue weighted by Gasteiger charge is -2.08. The molecular formula is C13H21N5O. The predicted octanol–water partition coefficient (Wildman–Crippen LogP) is 0.709. The SMILES string of the molecule is COCCNCc1ccnn1Cc1cc(C)nn1C. The highest BCUT2D eigenvalue weighted by molar-refractivity contribution is 5.10. The van der Waals surface area contributed by atoms with E-state index in [2.05, 4.69) is 21.6 Å². The molecule has 0 saturated heterocycles. The highest BCUT2D eigenvalue weighted by Crippen LogP contribution is 2.07. The molecule has 0 spiro atoms. The van der Waals surface area contributed by atoms with Gasteiger partial charge in [0.1, 0.15) is 0 Å². The maximum Gasteiger partial charge on any atom is 0.0831 e. The molecule has 104 valence electrons. The summed E-state index contributed by atoms with van der Waals surface area (Å²) in [7, 11) is 3.67. The molecule has 6 nitrogen and oxygen atoms in total. The Hall–Kier alpha value is -1.66. The lowest BCUT2D eigenvalue weighted by Crippen LogP contribution is -2.21. The van der Waals surface area contributed by atoms with E-state index in [4.69, 9.17) is 4.74 Å². The van der Waals surface area contributed by atoms with Crippen molar-refractivity contribution in [3.8, 4) is 0 Å². The van der Waals surface area contributed by atoms with Crippen LogP contribution in [0.2, 0.25) is 0 Å². The minimum atomic E-state index is 0.717. The molecule has 2 aromatic heterocycles. The van der Waals surface area contributed by atoms with Crippen LogP contribution in [0, 0.1) is 6.92 Å². The van der Waals surface area contributed by atoms with E-state index in [9.17, 15) is 0 Å². The van der Waals surface area contributed by atoms with Gasteiger partial charge in [-0.3, -0.25) is 9.36 Å². The highest BCUT2D eigenvalue weighted by atomic mass is 16.5. The molecule has 6 heteroatoms. The monoisotopic (exact) mass is 263 g/mol. The van der Waals surface area contributed by atoms with Crippen LogP contribution in [0.1, 0.15) is 17.1 Å². The first kappa shape index (κ1) is 13.8. The van der Waals surface area contributed by atoms with Crippen LogP contribution >= 0.6 is 0 Å². The average Bonchev–Trinajstić information content (AvgIpc) is 2.93. The van der Waals surface area contributed by atoms with Gasteiger partial charge in [0.2, 0.25) is 0 Å². The van der Waals surface area contributed by atoms with Gasteiger partial charge in [0.25, 0.3) is 0 Å². The third-order valence-corrected chi connectivity index (χ3v) is 3.00. The van der Waals surface area contributed by atoms with Crippen molar-refractivity contribution in [2.75, 3.05) is 20.3 Å². The minimum absolute atomic E-state index is 0.717. The predicted molar refractivity (Wildman–Crippen MR) is 72.9 cm³/mol. The van der Waals surface area contributed by atoms with Gasteiger partial charge < -0.3 is 10.1 Å². The Bertz CT molecular complexity index is 517. The molecule has 0 aliphatic rings. The summed E-state index contributed by atoms with van der Waals surface area (Å²) in [4.78, 5) is 0. The van der Waals surface area contributed by atoms with Gasteiger partial charge in [-0.1, -0.05) is 0 Å². The summed E-state index contributed by atoms with van der Waals surface area (Å²) in [6.45, 7) is 5.09. The smallest absolute Gasteiger partial charge is 0.0831 e. The van der Waals surface area contributed by atoms with Crippen molar-refractivity contribution in [3.05, 3.63) is 35.4 Å². The second-order valence-electron chi connectivity index (χ2n) is 4.55. The minimum Gasteiger partial charge on any atom is -0.383 e. The van der Waals surface area contributed by atoms with E-state index in [-0.39, 0.29) is 0 Å². The summed E-state index contributed by atoms with van der Waals surface area (Å²) in [6.07, 6.45) is 1.83. The zero-order chi connectivity index (χ0) is 13.7. The number of nitrogens with one attached hydrogen (secondary N) is 1. The molecule has 0 aliphatic heterocycles. The number of aryl methyl sites for hydroxylation is 2. The molecule has 0 saturated carbocycles. The van der Waals surface area contributed by atoms with Crippen molar-refractivity contribution in [1.29, 1.82) is 0 Å². The molecule has 0 bridgehead atoms. The number of methoxy groups -OCH3 is 1. The topological polar surface area (TPSA) is 56.9 Å². The van der Waals surface area contributed by atoms with Crippen LogP contribution in [0.5, 0.6) is 0 Å². The van der Waals surface area contributed by atoms with Crippen LogP contribution in [0.4, 0.5) is 0 Å². The maximum absolute atomic E-state index is 5.01. The molecule has 0 aliphatic carbocycles. The van der Waals surface area contributed by atoms with Crippen molar-refractivity contribution in [2.24, 2.45) is 7.05 Å². The number of nitrogens with zero attached hydrogens (tertiary/aromatic N) is 4. The largest absolute Gasteiger partial charge is 0.383 e. The lowest BCUT2D eigenvalue weighted by molar-refractivity contribution is 0.199. The Balaban J connectivity index is 1.97. The number of aromatic nitrogens is 4.